The molecule has 154 valence electrons. The van der Waals surface area contributed by atoms with Crippen LogP contribution in [-0.2, 0) is 4.79 Å². The summed E-state index contributed by atoms with van der Waals surface area (Å²) in [5.74, 6) is 0.760. The lowest BCUT2D eigenvalue weighted by Gasteiger charge is -2.06. The zero-order valence-electron chi connectivity index (χ0n) is 17.1. The molecule has 0 fully saturated rings. The lowest BCUT2D eigenvalue weighted by molar-refractivity contribution is -0.111. The minimum atomic E-state index is -0.214. The third kappa shape index (κ3) is 9.65. The van der Waals surface area contributed by atoms with E-state index in [0.29, 0.717) is 12.3 Å². The maximum absolute atomic E-state index is 12.0. The molecule has 0 saturated heterocycles. The highest BCUT2D eigenvalue weighted by atomic mass is 16.5. The van der Waals surface area contributed by atoms with E-state index in [1.165, 1.54) is 38.2 Å². The van der Waals surface area contributed by atoms with Crippen LogP contribution in [0.4, 0.5) is 5.69 Å². The summed E-state index contributed by atoms with van der Waals surface area (Å²) in [7, 11) is 0. The number of aromatic hydroxyl groups is 1. The number of rotatable bonds is 12. The number of hydrogen-bond donors (Lipinski definition) is 2. The van der Waals surface area contributed by atoms with Crippen LogP contribution < -0.4 is 10.1 Å². The fourth-order valence-corrected chi connectivity index (χ4v) is 2.77. The van der Waals surface area contributed by atoms with Crippen LogP contribution in [0.5, 0.6) is 11.5 Å². The molecule has 2 N–H and O–H groups in total. The molecule has 0 spiro atoms. The van der Waals surface area contributed by atoms with Crippen molar-refractivity contribution in [2.24, 2.45) is 0 Å². The molecule has 0 saturated carbocycles. The van der Waals surface area contributed by atoms with Crippen LogP contribution in [0.25, 0.3) is 6.08 Å². The maximum atomic E-state index is 12.0. The first-order valence-corrected chi connectivity index (χ1v) is 10.3. The molecule has 29 heavy (non-hydrogen) atoms. The Labute approximate surface area is 173 Å². The highest BCUT2D eigenvalue weighted by molar-refractivity contribution is 6.01. The van der Waals surface area contributed by atoms with E-state index in [9.17, 15) is 9.90 Å². The number of amides is 1. The number of nitrogens with one attached hydrogen (secondary N) is 1. The maximum Gasteiger partial charge on any atom is 0.248 e. The van der Waals surface area contributed by atoms with Crippen LogP contribution in [0.15, 0.2) is 66.8 Å². The van der Waals surface area contributed by atoms with Crippen molar-refractivity contribution in [3.63, 3.8) is 0 Å². The fourth-order valence-electron chi connectivity index (χ4n) is 2.77. The van der Waals surface area contributed by atoms with Gasteiger partial charge in [-0.25, -0.2) is 0 Å². The van der Waals surface area contributed by atoms with Crippen LogP contribution in [-0.4, -0.2) is 17.6 Å². The van der Waals surface area contributed by atoms with E-state index < -0.39 is 0 Å². The first-order chi connectivity index (χ1) is 14.2. The predicted molar refractivity (Wildman–Crippen MR) is 120 cm³/mol. The number of allylic oxidation sites excluding steroid dienone is 1. The first kappa shape index (κ1) is 22.3. The van der Waals surface area contributed by atoms with Crippen molar-refractivity contribution in [1.82, 2.24) is 0 Å². The Balaban J connectivity index is 1.67. The van der Waals surface area contributed by atoms with Crippen LogP contribution in [0, 0.1) is 0 Å². The second-order valence-electron chi connectivity index (χ2n) is 6.92. The molecule has 2 aromatic rings. The molecule has 0 radical (unpaired) electrons. The highest BCUT2D eigenvalue weighted by Gasteiger charge is 1.99. The van der Waals surface area contributed by atoms with Gasteiger partial charge in [-0.2, -0.15) is 0 Å². The summed E-state index contributed by atoms with van der Waals surface area (Å²) in [6, 6.07) is 14.0. The van der Waals surface area contributed by atoms with Gasteiger partial charge in [0.2, 0.25) is 5.91 Å². The molecule has 1 amide bonds. The molecule has 0 aliphatic rings. The topological polar surface area (TPSA) is 58.6 Å². The minimum Gasteiger partial charge on any atom is -0.508 e. The number of phenolic OH excluding ortho intramolecular Hbond substituents is 1. The van der Waals surface area contributed by atoms with Crippen molar-refractivity contribution in [2.45, 2.75) is 45.4 Å². The number of hydrogen-bond acceptors (Lipinski definition) is 3. The Bertz CT molecular complexity index is 777. The number of ether oxygens (including phenoxy) is 1. The van der Waals surface area contributed by atoms with Crippen molar-refractivity contribution in [2.75, 3.05) is 11.9 Å². The second kappa shape index (κ2) is 13.2. The van der Waals surface area contributed by atoms with Gasteiger partial charge in [-0.1, -0.05) is 56.9 Å². The lowest BCUT2D eigenvalue weighted by Crippen LogP contribution is -2.07. The van der Waals surface area contributed by atoms with E-state index in [0.717, 1.165) is 17.7 Å². The molecule has 0 heterocycles. The number of phenols is 1. The summed E-state index contributed by atoms with van der Waals surface area (Å²) in [4.78, 5) is 12.0. The molecule has 0 bridgehead atoms. The van der Waals surface area contributed by atoms with E-state index in [1.807, 2.05) is 24.3 Å². The Kier molecular flexibility index (Phi) is 10.2. The zero-order valence-corrected chi connectivity index (χ0v) is 17.1. The normalized spacial score (nSPS) is 11.2. The molecule has 4 heteroatoms. The lowest BCUT2D eigenvalue weighted by atomic mass is 10.1. The fraction of sp³-hybridized carbons (Fsp3) is 0.320. The summed E-state index contributed by atoms with van der Waals surface area (Å²) in [5.41, 5.74) is 1.55. The van der Waals surface area contributed by atoms with Crippen molar-refractivity contribution >= 4 is 17.7 Å². The van der Waals surface area contributed by atoms with Crippen LogP contribution in [0.2, 0.25) is 0 Å². The molecule has 0 aliphatic carbocycles. The molecular formula is C25H31NO3. The summed E-state index contributed by atoms with van der Waals surface area (Å²) in [6.45, 7) is 2.78. The third-order valence-corrected chi connectivity index (χ3v) is 4.43. The predicted octanol–water partition coefficient (Wildman–Crippen LogP) is 6.34. The smallest absolute Gasteiger partial charge is 0.248 e. The van der Waals surface area contributed by atoms with Crippen molar-refractivity contribution < 1.29 is 14.6 Å². The van der Waals surface area contributed by atoms with Crippen molar-refractivity contribution in [1.29, 1.82) is 0 Å². The molecule has 0 atom stereocenters. The van der Waals surface area contributed by atoms with E-state index in [4.69, 9.17) is 4.74 Å². The summed E-state index contributed by atoms with van der Waals surface area (Å²) < 4.78 is 5.69. The molecule has 0 aromatic heterocycles. The summed E-state index contributed by atoms with van der Waals surface area (Å²) >= 11 is 0. The second-order valence-corrected chi connectivity index (χ2v) is 6.92. The third-order valence-electron chi connectivity index (χ3n) is 4.43. The number of carbonyl (C=O) groups is 1. The molecule has 2 aromatic carbocycles. The Morgan fingerprint density at radius 3 is 2.41 bits per heavy atom. The van der Waals surface area contributed by atoms with Gasteiger partial charge < -0.3 is 15.2 Å². The SMILES string of the molecule is CCCCCCCC=CCOc1ccc(NC(=O)C=Cc2ccc(O)cc2)cc1. The highest BCUT2D eigenvalue weighted by Crippen LogP contribution is 2.16. The number of unbranched alkanes of at least 4 members (excludes halogenated alkanes) is 5. The van der Waals surface area contributed by atoms with Crippen molar-refractivity contribution in [3.8, 4) is 11.5 Å². The monoisotopic (exact) mass is 393 g/mol. The number of carbonyl (C=O) groups excluding carboxylic acids is 1. The van der Waals surface area contributed by atoms with Crippen molar-refractivity contribution in [3.05, 3.63) is 72.3 Å². The molecule has 0 aliphatic heterocycles. The minimum absolute atomic E-state index is 0.201. The zero-order chi connectivity index (χ0) is 20.7. The van der Waals surface area contributed by atoms with Gasteiger partial charge in [-0.05, 0) is 60.9 Å². The van der Waals surface area contributed by atoms with Gasteiger partial charge in [-0.3, -0.25) is 4.79 Å². The van der Waals surface area contributed by atoms with Crippen LogP contribution in [0.3, 0.4) is 0 Å². The number of benzene rings is 2. The van der Waals surface area contributed by atoms with E-state index >= 15 is 0 Å². The van der Waals surface area contributed by atoms with Gasteiger partial charge in [0.25, 0.3) is 0 Å². The molecule has 4 nitrogen and oxygen atoms in total. The summed E-state index contributed by atoms with van der Waals surface area (Å²) in [6.07, 6.45) is 15.0. The average Bonchev–Trinajstić information content (AvgIpc) is 2.73. The van der Waals surface area contributed by atoms with Gasteiger partial charge in [0.15, 0.2) is 0 Å². The summed E-state index contributed by atoms with van der Waals surface area (Å²) in [5, 5.41) is 12.1. The van der Waals surface area contributed by atoms with Gasteiger partial charge >= 0.3 is 0 Å². The average molecular weight is 394 g/mol. The van der Waals surface area contributed by atoms with Gasteiger partial charge in [-0.15, -0.1) is 0 Å². The van der Waals surface area contributed by atoms with E-state index in [1.54, 1.807) is 30.3 Å². The Morgan fingerprint density at radius 2 is 1.69 bits per heavy atom. The molecule has 2 rings (SSSR count). The van der Waals surface area contributed by atoms with Crippen LogP contribution in [0.1, 0.15) is 51.0 Å². The molecular weight excluding hydrogens is 362 g/mol. The standard InChI is InChI=1S/C25H31NO3/c1-2-3-4-5-6-7-8-9-20-29-24-17-13-22(14-18-24)26-25(28)19-12-21-10-15-23(27)16-11-21/h8-19,27H,2-7,20H2,1H3,(H,26,28). The van der Waals surface area contributed by atoms with Crippen LogP contribution >= 0.6 is 0 Å². The first-order valence-electron chi connectivity index (χ1n) is 10.3. The Hall–Kier alpha value is -3.01. The van der Waals surface area contributed by atoms with Gasteiger partial charge in [0.1, 0.15) is 18.1 Å². The van der Waals surface area contributed by atoms with Gasteiger partial charge in [0.05, 0.1) is 0 Å². The van der Waals surface area contributed by atoms with E-state index in [2.05, 4.69) is 24.4 Å². The van der Waals surface area contributed by atoms with Gasteiger partial charge in [0, 0.05) is 11.8 Å². The largest absolute Gasteiger partial charge is 0.508 e. The Morgan fingerprint density at radius 1 is 0.966 bits per heavy atom. The quantitative estimate of drug-likeness (QED) is 0.251. The number of anilines is 1. The molecule has 0 unspecified atom stereocenters. The van der Waals surface area contributed by atoms with E-state index in [-0.39, 0.29) is 11.7 Å².